The molecule has 0 aromatic rings. The van der Waals surface area contributed by atoms with E-state index < -0.39 is 5.97 Å². The van der Waals surface area contributed by atoms with Crippen LogP contribution in [0.1, 0.15) is 20.3 Å². The Hall–Kier alpha value is -0.440. The Morgan fingerprint density at radius 2 is 2.33 bits per heavy atom. The zero-order valence-corrected chi connectivity index (χ0v) is 8.28. The molecule has 0 spiro atoms. The molecule has 1 heterocycles. The van der Waals surface area contributed by atoms with Crippen LogP contribution < -0.4 is 0 Å². The molecule has 0 bridgehead atoms. The van der Waals surface area contributed by atoms with Gasteiger partial charge in [0.1, 0.15) is 0 Å². The zero-order chi connectivity index (χ0) is 9.19. The van der Waals surface area contributed by atoms with Crippen molar-refractivity contribution < 1.29 is 9.90 Å². The largest absolute Gasteiger partial charge is 0.478 e. The van der Waals surface area contributed by atoms with Crippen molar-refractivity contribution >= 4 is 17.7 Å². The number of aliphatic carboxylic acids is 1. The van der Waals surface area contributed by atoms with E-state index in [0.29, 0.717) is 0 Å². The highest BCUT2D eigenvalue weighted by molar-refractivity contribution is 7.99. The summed E-state index contributed by atoms with van der Waals surface area (Å²) in [5.41, 5.74) is 1.33. The predicted octanol–water partition coefficient (Wildman–Crippen LogP) is 2.16. The van der Waals surface area contributed by atoms with Crippen LogP contribution in [0.3, 0.4) is 0 Å². The number of carbonyl (C=O) groups is 1. The predicted molar refractivity (Wildman–Crippen MR) is 51.4 cm³/mol. The Bertz CT molecular complexity index is 219. The maximum absolute atomic E-state index is 10.4. The quantitative estimate of drug-likeness (QED) is 0.638. The number of carboxylic acid groups (broad SMARTS) is 1. The topological polar surface area (TPSA) is 37.3 Å². The molecule has 0 aliphatic carbocycles. The van der Waals surface area contributed by atoms with Crippen LogP contribution in [0.5, 0.6) is 0 Å². The molecule has 1 aliphatic heterocycles. The van der Waals surface area contributed by atoms with Crippen LogP contribution in [0, 0.1) is 5.41 Å². The lowest BCUT2D eigenvalue weighted by molar-refractivity contribution is -0.131. The van der Waals surface area contributed by atoms with Crippen molar-refractivity contribution in [1.82, 2.24) is 0 Å². The van der Waals surface area contributed by atoms with Gasteiger partial charge in [-0.25, -0.2) is 4.79 Å². The van der Waals surface area contributed by atoms with Crippen LogP contribution in [-0.4, -0.2) is 22.6 Å². The highest BCUT2D eigenvalue weighted by Crippen LogP contribution is 2.36. The third-order valence-electron chi connectivity index (χ3n) is 1.81. The molecule has 0 atom stereocenters. The maximum Gasteiger partial charge on any atom is 0.328 e. The van der Waals surface area contributed by atoms with Crippen molar-refractivity contribution in [3.63, 3.8) is 0 Å². The van der Waals surface area contributed by atoms with Gasteiger partial charge in [-0.1, -0.05) is 19.4 Å². The second-order valence-corrected chi connectivity index (χ2v) is 4.96. The molecule has 0 aromatic heterocycles. The lowest BCUT2D eigenvalue weighted by atomic mass is 9.87. The van der Waals surface area contributed by atoms with Gasteiger partial charge in [0.05, 0.1) is 0 Å². The van der Waals surface area contributed by atoms with Crippen LogP contribution in [0.4, 0.5) is 0 Å². The fourth-order valence-electron chi connectivity index (χ4n) is 1.44. The van der Waals surface area contributed by atoms with E-state index in [2.05, 4.69) is 13.8 Å². The molecule has 68 valence electrons. The van der Waals surface area contributed by atoms with E-state index in [-0.39, 0.29) is 5.41 Å². The van der Waals surface area contributed by atoms with Crippen molar-refractivity contribution in [1.29, 1.82) is 0 Å². The van der Waals surface area contributed by atoms with Crippen LogP contribution in [-0.2, 0) is 4.79 Å². The van der Waals surface area contributed by atoms with Crippen molar-refractivity contribution in [3.8, 4) is 0 Å². The van der Waals surface area contributed by atoms with Gasteiger partial charge < -0.3 is 5.11 Å². The average Bonchev–Trinajstić information content (AvgIpc) is 1.82. The van der Waals surface area contributed by atoms with Crippen LogP contribution in [0.2, 0.25) is 0 Å². The number of hydrogen-bond acceptors (Lipinski definition) is 2. The first-order valence-corrected chi connectivity index (χ1v) is 5.15. The highest BCUT2D eigenvalue weighted by Gasteiger charge is 2.24. The molecular weight excluding hydrogens is 172 g/mol. The van der Waals surface area contributed by atoms with Gasteiger partial charge in [0.2, 0.25) is 0 Å². The Morgan fingerprint density at radius 1 is 1.67 bits per heavy atom. The molecule has 0 unspecified atom stereocenters. The molecule has 12 heavy (non-hydrogen) atoms. The van der Waals surface area contributed by atoms with E-state index in [1.165, 1.54) is 6.08 Å². The standard InChI is InChI=1S/C9H14O2S/c1-9(2)4-7(3-8(10)11)5-12-6-9/h3H,4-6H2,1-2H3,(H,10,11). The van der Waals surface area contributed by atoms with Gasteiger partial charge in [0.15, 0.2) is 0 Å². The first-order valence-electron chi connectivity index (χ1n) is 4.00. The minimum absolute atomic E-state index is 0.268. The Morgan fingerprint density at radius 3 is 2.83 bits per heavy atom. The van der Waals surface area contributed by atoms with E-state index >= 15 is 0 Å². The SMILES string of the molecule is CC1(C)CSCC(=CC(=O)O)C1. The maximum atomic E-state index is 10.4. The molecule has 0 aromatic carbocycles. The Balaban J connectivity index is 2.64. The minimum Gasteiger partial charge on any atom is -0.478 e. The van der Waals surface area contributed by atoms with Crippen molar-refractivity contribution in [2.24, 2.45) is 5.41 Å². The van der Waals surface area contributed by atoms with E-state index in [9.17, 15) is 4.79 Å². The summed E-state index contributed by atoms with van der Waals surface area (Å²) >= 11 is 1.82. The van der Waals surface area contributed by atoms with Crippen LogP contribution in [0.15, 0.2) is 11.6 Å². The minimum atomic E-state index is -0.816. The Kier molecular flexibility index (Phi) is 2.83. The summed E-state index contributed by atoms with van der Waals surface area (Å²) in [7, 11) is 0. The molecule has 0 radical (unpaired) electrons. The molecule has 1 rings (SSSR count). The van der Waals surface area contributed by atoms with Gasteiger partial charge in [-0.15, -0.1) is 0 Å². The first-order chi connectivity index (χ1) is 5.49. The van der Waals surface area contributed by atoms with Gasteiger partial charge in [-0.3, -0.25) is 0 Å². The smallest absolute Gasteiger partial charge is 0.328 e. The summed E-state index contributed by atoms with van der Waals surface area (Å²) in [5.74, 6) is 1.20. The number of hydrogen-bond donors (Lipinski definition) is 1. The van der Waals surface area contributed by atoms with Crippen molar-refractivity contribution in [3.05, 3.63) is 11.6 Å². The molecule has 1 N–H and O–H groups in total. The highest BCUT2D eigenvalue weighted by atomic mass is 32.2. The molecule has 0 saturated carbocycles. The van der Waals surface area contributed by atoms with Crippen LogP contribution in [0.25, 0.3) is 0 Å². The van der Waals surface area contributed by atoms with E-state index in [0.717, 1.165) is 23.5 Å². The third-order valence-corrected chi connectivity index (χ3v) is 3.37. The third kappa shape index (κ3) is 2.89. The molecule has 1 saturated heterocycles. The first kappa shape index (κ1) is 9.65. The molecule has 3 heteroatoms. The monoisotopic (exact) mass is 186 g/mol. The molecule has 1 fully saturated rings. The lowest BCUT2D eigenvalue weighted by Gasteiger charge is -2.30. The summed E-state index contributed by atoms with van der Waals surface area (Å²) in [6.07, 6.45) is 2.28. The van der Waals surface area contributed by atoms with Gasteiger partial charge in [-0.05, 0) is 17.6 Å². The number of carboxylic acids is 1. The second kappa shape index (κ2) is 3.52. The van der Waals surface area contributed by atoms with Crippen molar-refractivity contribution in [2.45, 2.75) is 20.3 Å². The van der Waals surface area contributed by atoms with Crippen LogP contribution >= 0.6 is 11.8 Å². The van der Waals surface area contributed by atoms with Gasteiger partial charge in [0, 0.05) is 11.8 Å². The fraction of sp³-hybridized carbons (Fsp3) is 0.667. The van der Waals surface area contributed by atoms with E-state index in [1.807, 2.05) is 11.8 Å². The lowest BCUT2D eigenvalue weighted by Crippen LogP contribution is -2.21. The second-order valence-electron chi connectivity index (χ2n) is 3.97. The zero-order valence-electron chi connectivity index (χ0n) is 7.46. The number of thioether (sulfide) groups is 1. The summed E-state index contributed by atoms with van der Waals surface area (Å²) in [5, 5.41) is 8.55. The Labute approximate surface area is 77.0 Å². The molecule has 1 aliphatic rings. The summed E-state index contributed by atoms with van der Waals surface area (Å²) in [6.45, 7) is 4.35. The summed E-state index contributed by atoms with van der Waals surface area (Å²) < 4.78 is 0. The normalized spacial score (nSPS) is 25.7. The van der Waals surface area contributed by atoms with Gasteiger partial charge >= 0.3 is 5.97 Å². The fourth-order valence-corrected chi connectivity index (χ4v) is 2.65. The molecular formula is C9H14O2S. The van der Waals surface area contributed by atoms with E-state index in [1.54, 1.807) is 0 Å². The molecule has 2 nitrogen and oxygen atoms in total. The van der Waals surface area contributed by atoms with E-state index in [4.69, 9.17) is 5.11 Å². The average molecular weight is 186 g/mol. The summed E-state index contributed by atoms with van der Waals surface area (Å²) in [6, 6.07) is 0. The molecule has 0 amide bonds. The summed E-state index contributed by atoms with van der Waals surface area (Å²) in [4.78, 5) is 10.4. The van der Waals surface area contributed by atoms with Gasteiger partial charge in [0.25, 0.3) is 0 Å². The van der Waals surface area contributed by atoms with Gasteiger partial charge in [-0.2, -0.15) is 11.8 Å². The van der Waals surface area contributed by atoms with Crippen molar-refractivity contribution in [2.75, 3.05) is 11.5 Å². The number of rotatable bonds is 1.